The Morgan fingerprint density at radius 2 is 1.86 bits per heavy atom. The molecule has 1 aromatic carbocycles. The highest BCUT2D eigenvalue weighted by molar-refractivity contribution is 5.29. The lowest BCUT2D eigenvalue weighted by Crippen LogP contribution is -2.54. The van der Waals surface area contributed by atoms with Gasteiger partial charge in [-0.25, -0.2) is 4.39 Å². The predicted octanol–water partition coefficient (Wildman–Crippen LogP) is 4.05. The van der Waals surface area contributed by atoms with Crippen molar-refractivity contribution in [1.29, 1.82) is 0 Å². The normalized spacial score (nSPS) is 19.1. The van der Waals surface area contributed by atoms with Gasteiger partial charge in [-0.15, -0.1) is 0 Å². The highest BCUT2D eigenvalue weighted by Crippen LogP contribution is 2.44. The summed E-state index contributed by atoms with van der Waals surface area (Å²) in [7, 11) is 2.01. The van der Waals surface area contributed by atoms with E-state index in [1.54, 1.807) is 6.07 Å². The monoisotopic (exact) mass is 292 g/mol. The van der Waals surface area contributed by atoms with Crippen molar-refractivity contribution in [3.8, 4) is 0 Å². The summed E-state index contributed by atoms with van der Waals surface area (Å²) in [5.41, 5.74) is 1.92. The Hall–Kier alpha value is -0.930. The lowest BCUT2D eigenvalue weighted by atomic mass is 9.81. The van der Waals surface area contributed by atoms with Crippen LogP contribution in [0.15, 0.2) is 18.2 Å². The molecule has 1 N–H and O–H groups in total. The summed E-state index contributed by atoms with van der Waals surface area (Å²) in [6, 6.07) is 5.90. The number of rotatable bonds is 6. The van der Waals surface area contributed by atoms with Gasteiger partial charge in [0.15, 0.2) is 0 Å². The fourth-order valence-electron chi connectivity index (χ4n) is 4.16. The Kier molecular flexibility index (Phi) is 5.39. The summed E-state index contributed by atoms with van der Waals surface area (Å²) < 4.78 is 14.0. The topological polar surface area (TPSA) is 15.3 Å². The van der Waals surface area contributed by atoms with E-state index in [4.69, 9.17) is 0 Å². The molecule has 0 amide bonds. The maximum absolute atomic E-state index is 14.0. The largest absolute Gasteiger partial charge is 0.311 e. The van der Waals surface area contributed by atoms with Crippen molar-refractivity contribution >= 4 is 0 Å². The van der Waals surface area contributed by atoms with Crippen LogP contribution in [0, 0.1) is 12.7 Å². The van der Waals surface area contributed by atoms with E-state index in [-0.39, 0.29) is 17.4 Å². The van der Waals surface area contributed by atoms with Crippen LogP contribution >= 0.6 is 0 Å². The third kappa shape index (κ3) is 3.00. The molecule has 1 saturated carbocycles. The van der Waals surface area contributed by atoms with E-state index in [0.717, 1.165) is 24.2 Å². The molecule has 1 unspecified atom stereocenters. The maximum Gasteiger partial charge on any atom is 0.126 e. The highest BCUT2D eigenvalue weighted by atomic mass is 19.1. The zero-order valence-corrected chi connectivity index (χ0v) is 13.9. The zero-order valence-electron chi connectivity index (χ0n) is 13.9. The highest BCUT2D eigenvalue weighted by Gasteiger charge is 2.45. The first-order valence-electron chi connectivity index (χ1n) is 8.27. The van der Waals surface area contributed by atoms with Crippen molar-refractivity contribution in [3.63, 3.8) is 0 Å². The molecule has 0 aliphatic heterocycles. The van der Waals surface area contributed by atoms with Crippen LogP contribution in [0.5, 0.6) is 0 Å². The first-order chi connectivity index (χ1) is 10.1. The fourth-order valence-corrected chi connectivity index (χ4v) is 4.16. The van der Waals surface area contributed by atoms with Crippen molar-refractivity contribution in [1.82, 2.24) is 10.2 Å². The third-order valence-electron chi connectivity index (χ3n) is 5.22. The van der Waals surface area contributed by atoms with Gasteiger partial charge < -0.3 is 5.32 Å². The zero-order chi connectivity index (χ0) is 15.5. The van der Waals surface area contributed by atoms with Crippen LogP contribution in [-0.2, 0) is 0 Å². The molecule has 1 fully saturated rings. The van der Waals surface area contributed by atoms with Crippen molar-refractivity contribution in [2.75, 3.05) is 20.1 Å². The molecule has 1 aliphatic carbocycles. The predicted molar refractivity (Wildman–Crippen MR) is 87.1 cm³/mol. The van der Waals surface area contributed by atoms with E-state index in [2.05, 4.69) is 30.1 Å². The van der Waals surface area contributed by atoms with Crippen LogP contribution in [0.4, 0.5) is 4.39 Å². The Morgan fingerprint density at radius 3 is 2.33 bits per heavy atom. The van der Waals surface area contributed by atoms with Gasteiger partial charge in [0.25, 0.3) is 0 Å². The molecule has 1 atom stereocenters. The molecule has 3 heteroatoms. The summed E-state index contributed by atoms with van der Waals surface area (Å²) in [6.45, 7) is 8.37. The lowest BCUT2D eigenvalue weighted by Gasteiger charge is -2.46. The minimum Gasteiger partial charge on any atom is -0.311 e. The summed E-state index contributed by atoms with van der Waals surface area (Å²) in [5, 5.41) is 3.49. The second kappa shape index (κ2) is 6.89. The first kappa shape index (κ1) is 16.4. The average molecular weight is 292 g/mol. The molecule has 21 heavy (non-hydrogen) atoms. The fraction of sp³-hybridized carbons (Fsp3) is 0.667. The van der Waals surface area contributed by atoms with Gasteiger partial charge >= 0.3 is 0 Å². The molecule has 1 aromatic rings. The SMILES string of the molecule is CCN(CC)C1(C(NC)c2ccc(C)c(F)c2)CCCC1. The Balaban J connectivity index is 2.42. The standard InChI is InChI=1S/C18H29FN2/c1-5-21(6-2)18(11-7-8-12-18)17(20-4)15-10-9-14(3)16(19)13-15/h9-10,13,17,20H,5-8,11-12H2,1-4H3. The van der Waals surface area contributed by atoms with Crippen LogP contribution in [0.3, 0.4) is 0 Å². The van der Waals surface area contributed by atoms with Crippen LogP contribution in [0.1, 0.15) is 56.7 Å². The molecule has 0 spiro atoms. The molecular formula is C18H29FN2. The Bertz CT molecular complexity index is 462. The van der Waals surface area contributed by atoms with Crippen LogP contribution < -0.4 is 5.32 Å². The number of hydrogen-bond acceptors (Lipinski definition) is 2. The first-order valence-corrected chi connectivity index (χ1v) is 8.27. The molecule has 0 saturated heterocycles. The van der Waals surface area contributed by atoms with Gasteiger partial charge in [0, 0.05) is 5.54 Å². The minimum atomic E-state index is -0.0968. The Morgan fingerprint density at radius 1 is 1.24 bits per heavy atom. The van der Waals surface area contributed by atoms with E-state index < -0.39 is 0 Å². The number of hydrogen-bond donors (Lipinski definition) is 1. The molecular weight excluding hydrogens is 263 g/mol. The quantitative estimate of drug-likeness (QED) is 0.851. The van der Waals surface area contributed by atoms with Gasteiger partial charge in [-0.2, -0.15) is 0 Å². The van der Waals surface area contributed by atoms with Crippen molar-refractivity contribution in [2.24, 2.45) is 0 Å². The van der Waals surface area contributed by atoms with Crippen molar-refractivity contribution in [2.45, 2.75) is 58.0 Å². The molecule has 0 aromatic heterocycles. The van der Waals surface area contributed by atoms with Crippen LogP contribution in [0.25, 0.3) is 0 Å². The van der Waals surface area contributed by atoms with Gasteiger partial charge in [-0.05, 0) is 57.1 Å². The number of benzene rings is 1. The maximum atomic E-state index is 14.0. The van der Waals surface area contributed by atoms with Crippen molar-refractivity contribution < 1.29 is 4.39 Å². The number of aryl methyl sites for hydroxylation is 1. The third-order valence-corrected chi connectivity index (χ3v) is 5.22. The number of nitrogens with one attached hydrogen (secondary N) is 1. The molecule has 1 aliphatic rings. The van der Waals surface area contributed by atoms with E-state index >= 15 is 0 Å². The van der Waals surface area contributed by atoms with Gasteiger partial charge in [0.1, 0.15) is 5.82 Å². The number of likely N-dealkylation sites (N-methyl/N-ethyl adjacent to an activating group) is 2. The summed E-state index contributed by atoms with van der Waals surface area (Å²) in [6.07, 6.45) is 4.91. The van der Waals surface area contributed by atoms with Gasteiger partial charge in [0.2, 0.25) is 0 Å². The van der Waals surface area contributed by atoms with Gasteiger partial charge in [-0.1, -0.05) is 38.8 Å². The molecule has 118 valence electrons. The van der Waals surface area contributed by atoms with Crippen LogP contribution in [0.2, 0.25) is 0 Å². The van der Waals surface area contributed by atoms with Gasteiger partial charge in [0.05, 0.1) is 6.04 Å². The lowest BCUT2D eigenvalue weighted by molar-refractivity contribution is 0.0654. The van der Waals surface area contributed by atoms with E-state index in [1.807, 2.05) is 20.0 Å². The van der Waals surface area contributed by atoms with Crippen molar-refractivity contribution in [3.05, 3.63) is 35.1 Å². The summed E-state index contributed by atoms with van der Waals surface area (Å²) in [4.78, 5) is 2.57. The van der Waals surface area contributed by atoms with Gasteiger partial charge in [-0.3, -0.25) is 4.90 Å². The van der Waals surface area contributed by atoms with Crippen LogP contribution in [-0.4, -0.2) is 30.6 Å². The van der Waals surface area contributed by atoms with E-state index in [1.165, 1.54) is 25.7 Å². The second-order valence-corrected chi connectivity index (χ2v) is 6.21. The summed E-state index contributed by atoms with van der Waals surface area (Å²) >= 11 is 0. The second-order valence-electron chi connectivity index (χ2n) is 6.21. The smallest absolute Gasteiger partial charge is 0.126 e. The molecule has 0 bridgehead atoms. The molecule has 2 nitrogen and oxygen atoms in total. The molecule has 2 rings (SSSR count). The summed E-state index contributed by atoms with van der Waals surface area (Å²) in [5.74, 6) is -0.0968. The van der Waals surface area contributed by atoms with E-state index in [9.17, 15) is 4.39 Å². The number of halogens is 1. The minimum absolute atomic E-state index is 0.0968. The number of nitrogens with zero attached hydrogens (tertiary/aromatic N) is 1. The average Bonchev–Trinajstić information content (AvgIpc) is 2.95. The Labute approximate surface area is 128 Å². The molecule has 0 radical (unpaired) electrons. The van der Waals surface area contributed by atoms with E-state index in [0.29, 0.717) is 0 Å². The molecule has 0 heterocycles.